The fraction of sp³-hybridized carbons (Fsp3) is 0.261. The Bertz CT molecular complexity index is 820. The Balaban J connectivity index is 1.90. The first-order valence-electron chi connectivity index (χ1n) is 9.13. The smallest absolute Gasteiger partial charge is 0.248 e. The van der Waals surface area contributed by atoms with Crippen molar-refractivity contribution in [3.63, 3.8) is 0 Å². The SMILES string of the molecule is CC(/C=C/C(=O)Nc1ccccc1N)=C\C(C)Cc1ccc(N(C)C)cc1. The molecule has 0 fully saturated rings. The van der Waals surface area contributed by atoms with Gasteiger partial charge in [-0.15, -0.1) is 0 Å². The van der Waals surface area contributed by atoms with Crippen LogP contribution in [-0.2, 0) is 11.2 Å². The lowest BCUT2D eigenvalue weighted by Crippen LogP contribution is -2.09. The molecular weight excluding hydrogens is 334 g/mol. The highest BCUT2D eigenvalue weighted by atomic mass is 16.1. The van der Waals surface area contributed by atoms with E-state index in [-0.39, 0.29) is 5.91 Å². The number of amides is 1. The minimum atomic E-state index is -0.187. The number of carbonyl (C=O) groups is 1. The Labute approximate surface area is 162 Å². The van der Waals surface area contributed by atoms with Crippen LogP contribution in [0.2, 0.25) is 0 Å². The van der Waals surface area contributed by atoms with Gasteiger partial charge >= 0.3 is 0 Å². The van der Waals surface area contributed by atoms with Gasteiger partial charge in [0.1, 0.15) is 0 Å². The van der Waals surface area contributed by atoms with Gasteiger partial charge in [0.15, 0.2) is 0 Å². The Morgan fingerprint density at radius 2 is 1.78 bits per heavy atom. The number of nitrogen functional groups attached to an aromatic ring is 1. The molecule has 0 bridgehead atoms. The highest BCUT2D eigenvalue weighted by Gasteiger charge is 2.03. The van der Waals surface area contributed by atoms with E-state index in [0.717, 1.165) is 12.0 Å². The highest BCUT2D eigenvalue weighted by molar-refractivity contribution is 6.01. The van der Waals surface area contributed by atoms with Crippen molar-refractivity contribution in [3.05, 3.63) is 77.9 Å². The van der Waals surface area contributed by atoms with Gasteiger partial charge in [0.2, 0.25) is 5.91 Å². The maximum atomic E-state index is 12.0. The van der Waals surface area contributed by atoms with Crippen molar-refractivity contribution >= 4 is 23.0 Å². The molecule has 2 rings (SSSR count). The summed E-state index contributed by atoms with van der Waals surface area (Å²) in [4.78, 5) is 14.1. The molecule has 0 aliphatic heterocycles. The number of anilines is 3. The number of rotatable bonds is 7. The summed E-state index contributed by atoms with van der Waals surface area (Å²) in [6.45, 7) is 4.19. The van der Waals surface area contributed by atoms with Gasteiger partial charge in [-0.25, -0.2) is 0 Å². The van der Waals surface area contributed by atoms with E-state index >= 15 is 0 Å². The molecule has 1 unspecified atom stereocenters. The lowest BCUT2D eigenvalue weighted by atomic mass is 9.98. The van der Waals surface area contributed by atoms with Crippen LogP contribution in [0.25, 0.3) is 0 Å². The van der Waals surface area contributed by atoms with E-state index in [2.05, 4.69) is 47.5 Å². The molecule has 0 aliphatic rings. The van der Waals surface area contributed by atoms with Gasteiger partial charge in [-0.05, 0) is 49.1 Å². The highest BCUT2D eigenvalue weighted by Crippen LogP contribution is 2.18. The van der Waals surface area contributed by atoms with Crippen molar-refractivity contribution in [1.29, 1.82) is 0 Å². The van der Waals surface area contributed by atoms with Gasteiger partial charge in [0.25, 0.3) is 0 Å². The minimum Gasteiger partial charge on any atom is -0.397 e. The van der Waals surface area contributed by atoms with Crippen molar-refractivity contribution in [2.75, 3.05) is 30.0 Å². The average molecular weight is 364 g/mol. The first kappa shape index (κ1) is 20.3. The van der Waals surface area contributed by atoms with E-state index < -0.39 is 0 Å². The van der Waals surface area contributed by atoms with Crippen LogP contribution in [-0.4, -0.2) is 20.0 Å². The maximum absolute atomic E-state index is 12.0. The number of nitrogens with one attached hydrogen (secondary N) is 1. The van der Waals surface area contributed by atoms with Gasteiger partial charge in [-0.2, -0.15) is 0 Å². The average Bonchev–Trinajstić information content (AvgIpc) is 2.62. The molecule has 0 saturated heterocycles. The second-order valence-electron chi connectivity index (χ2n) is 7.06. The molecule has 0 heterocycles. The molecule has 0 saturated carbocycles. The maximum Gasteiger partial charge on any atom is 0.248 e. The summed E-state index contributed by atoms with van der Waals surface area (Å²) in [5, 5.41) is 2.79. The van der Waals surface area contributed by atoms with Crippen LogP contribution in [0, 0.1) is 5.92 Å². The lowest BCUT2D eigenvalue weighted by Gasteiger charge is -2.13. The van der Waals surface area contributed by atoms with Crippen molar-refractivity contribution in [1.82, 2.24) is 0 Å². The number of nitrogens with zero attached hydrogens (tertiary/aromatic N) is 1. The fourth-order valence-electron chi connectivity index (χ4n) is 2.86. The van der Waals surface area contributed by atoms with Gasteiger partial charge in [0, 0.05) is 25.9 Å². The van der Waals surface area contributed by atoms with Crippen LogP contribution < -0.4 is 16.0 Å². The number of allylic oxidation sites excluding steroid dienone is 3. The van der Waals surface area contributed by atoms with Crippen LogP contribution in [0.4, 0.5) is 17.1 Å². The molecule has 4 nitrogen and oxygen atoms in total. The monoisotopic (exact) mass is 363 g/mol. The van der Waals surface area contributed by atoms with Crippen LogP contribution in [0.3, 0.4) is 0 Å². The van der Waals surface area contributed by atoms with Crippen LogP contribution in [0.15, 0.2) is 72.3 Å². The minimum absolute atomic E-state index is 0.187. The molecule has 0 spiro atoms. The molecule has 3 N–H and O–H groups in total. The van der Waals surface area contributed by atoms with E-state index in [1.807, 2.05) is 39.2 Å². The van der Waals surface area contributed by atoms with Crippen molar-refractivity contribution in [2.45, 2.75) is 20.3 Å². The number of hydrogen-bond donors (Lipinski definition) is 2. The lowest BCUT2D eigenvalue weighted by molar-refractivity contribution is -0.111. The zero-order valence-electron chi connectivity index (χ0n) is 16.6. The van der Waals surface area contributed by atoms with E-state index in [1.165, 1.54) is 17.3 Å². The molecule has 142 valence electrons. The predicted molar refractivity (Wildman–Crippen MR) is 116 cm³/mol. The Kier molecular flexibility index (Phi) is 7.24. The Hall–Kier alpha value is -3.01. The molecule has 2 aromatic carbocycles. The zero-order chi connectivity index (χ0) is 19.8. The third-order valence-electron chi connectivity index (χ3n) is 4.27. The summed E-state index contributed by atoms with van der Waals surface area (Å²) in [7, 11) is 4.08. The first-order valence-corrected chi connectivity index (χ1v) is 9.13. The summed E-state index contributed by atoms with van der Waals surface area (Å²) >= 11 is 0. The van der Waals surface area contributed by atoms with Crippen LogP contribution >= 0.6 is 0 Å². The molecule has 27 heavy (non-hydrogen) atoms. The van der Waals surface area contributed by atoms with Crippen LogP contribution in [0.5, 0.6) is 0 Å². The quantitative estimate of drug-likeness (QED) is 0.427. The van der Waals surface area contributed by atoms with E-state index in [9.17, 15) is 4.79 Å². The standard InChI is InChI=1S/C23H29N3O/c1-17(9-14-23(27)25-22-8-6-5-7-21(22)24)15-18(2)16-19-10-12-20(13-11-19)26(3)4/h5-15,18H,16,24H2,1-4H3,(H,25,27)/b14-9+,17-15+. The summed E-state index contributed by atoms with van der Waals surface area (Å²) in [5.74, 6) is 0.195. The number of hydrogen-bond acceptors (Lipinski definition) is 3. The van der Waals surface area contributed by atoms with Gasteiger partial charge in [-0.3, -0.25) is 4.79 Å². The normalized spacial score (nSPS) is 12.8. The molecule has 1 atom stereocenters. The van der Waals surface area contributed by atoms with Gasteiger partial charge in [-0.1, -0.05) is 48.9 Å². The molecule has 1 amide bonds. The number of benzene rings is 2. The molecule has 0 radical (unpaired) electrons. The van der Waals surface area contributed by atoms with E-state index in [0.29, 0.717) is 17.3 Å². The predicted octanol–water partition coefficient (Wildman–Crippen LogP) is 4.65. The number of nitrogens with two attached hydrogens (primary N) is 1. The second-order valence-corrected chi connectivity index (χ2v) is 7.06. The molecule has 0 aromatic heterocycles. The van der Waals surface area contributed by atoms with Crippen LogP contribution in [0.1, 0.15) is 19.4 Å². The molecular formula is C23H29N3O. The fourth-order valence-corrected chi connectivity index (χ4v) is 2.86. The summed E-state index contributed by atoms with van der Waals surface area (Å²) in [6, 6.07) is 15.8. The Morgan fingerprint density at radius 3 is 2.41 bits per heavy atom. The number of para-hydroxylation sites is 2. The third-order valence-corrected chi connectivity index (χ3v) is 4.27. The summed E-state index contributed by atoms with van der Waals surface area (Å²) in [5.41, 5.74) is 10.6. The van der Waals surface area contributed by atoms with E-state index in [1.54, 1.807) is 12.1 Å². The molecule has 2 aromatic rings. The number of carbonyl (C=O) groups excluding carboxylic acids is 1. The molecule has 4 heteroatoms. The Morgan fingerprint density at radius 1 is 1.11 bits per heavy atom. The largest absolute Gasteiger partial charge is 0.397 e. The first-order chi connectivity index (χ1) is 12.8. The van der Waals surface area contributed by atoms with E-state index in [4.69, 9.17) is 5.73 Å². The topological polar surface area (TPSA) is 58.4 Å². The van der Waals surface area contributed by atoms with Gasteiger partial charge in [0.05, 0.1) is 11.4 Å². The van der Waals surface area contributed by atoms with Crippen molar-refractivity contribution < 1.29 is 4.79 Å². The zero-order valence-corrected chi connectivity index (χ0v) is 16.6. The van der Waals surface area contributed by atoms with Gasteiger partial charge < -0.3 is 16.0 Å². The second kappa shape index (κ2) is 9.62. The molecule has 0 aliphatic carbocycles. The van der Waals surface area contributed by atoms with Crippen molar-refractivity contribution in [2.24, 2.45) is 5.92 Å². The summed E-state index contributed by atoms with van der Waals surface area (Å²) in [6.07, 6.45) is 6.52. The third kappa shape index (κ3) is 6.66. The summed E-state index contributed by atoms with van der Waals surface area (Å²) < 4.78 is 0. The van der Waals surface area contributed by atoms with Crippen molar-refractivity contribution in [3.8, 4) is 0 Å².